The highest BCUT2D eigenvalue weighted by molar-refractivity contribution is 6.12. The lowest BCUT2D eigenvalue weighted by Gasteiger charge is -2.24. The minimum absolute atomic E-state index is 0.282. The number of hydrogen-bond acceptors (Lipinski definition) is 3. The van der Waals surface area contributed by atoms with Crippen LogP contribution in [0.1, 0.15) is 50.7 Å². The molecule has 48 heavy (non-hydrogen) atoms. The molecule has 4 nitrogen and oxygen atoms in total. The van der Waals surface area contributed by atoms with Crippen molar-refractivity contribution in [3.05, 3.63) is 139 Å². The minimum atomic E-state index is 0.282. The number of pyridine rings is 1. The third kappa shape index (κ3) is 4.44. The fourth-order valence-corrected chi connectivity index (χ4v) is 7.30. The molecule has 3 aromatic heterocycles. The summed E-state index contributed by atoms with van der Waals surface area (Å²) in [7, 11) is 0. The van der Waals surface area contributed by atoms with Gasteiger partial charge in [-0.15, -0.1) is 0 Å². The van der Waals surface area contributed by atoms with E-state index in [1.807, 2.05) is 0 Å². The number of benzene rings is 6. The summed E-state index contributed by atoms with van der Waals surface area (Å²) in [5, 5.41) is 5.52. The average molecular weight is 622 g/mol. The van der Waals surface area contributed by atoms with Crippen molar-refractivity contribution >= 4 is 54.8 Å². The number of furan rings is 1. The summed E-state index contributed by atoms with van der Waals surface area (Å²) < 4.78 is 9.10. The Hall–Kier alpha value is -5.74. The van der Waals surface area contributed by atoms with Crippen molar-refractivity contribution in [1.29, 1.82) is 0 Å². The van der Waals surface area contributed by atoms with E-state index in [-0.39, 0.29) is 11.8 Å². The van der Waals surface area contributed by atoms with Crippen LogP contribution in [0.3, 0.4) is 0 Å². The monoisotopic (exact) mass is 621 g/mol. The lowest BCUT2D eigenvalue weighted by Crippen LogP contribution is -2.09. The number of fused-ring (bicyclic) bond motifs is 6. The lowest BCUT2D eigenvalue weighted by molar-refractivity contribution is 0.656. The molecule has 0 bridgehead atoms. The molecule has 3 heterocycles. The Morgan fingerprint density at radius 2 is 1.23 bits per heavy atom. The molecule has 6 aromatic carbocycles. The predicted molar refractivity (Wildman–Crippen MR) is 200 cm³/mol. The predicted octanol–water partition coefficient (Wildman–Crippen LogP) is 12.2. The number of rotatable bonds is 5. The molecule has 0 atom stereocenters. The van der Waals surface area contributed by atoms with E-state index < -0.39 is 0 Å². The fourth-order valence-electron chi connectivity index (χ4n) is 7.30. The highest BCUT2D eigenvalue weighted by Crippen LogP contribution is 2.42. The maximum absolute atomic E-state index is 6.71. The molecule has 0 N–H and O–H groups in total. The first-order valence-electron chi connectivity index (χ1n) is 16.8. The molecule has 9 aromatic rings. The van der Waals surface area contributed by atoms with Gasteiger partial charge >= 0.3 is 0 Å². The summed E-state index contributed by atoms with van der Waals surface area (Å²) in [5.41, 5.74) is 11.6. The van der Waals surface area contributed by atoms with Gasteiger partial charge in [0, 0.05) is 16.2 Å². The third-order valence-corrected chi connectivity index (χ3v) is 9.70. The second-order valence-corrected chi connectivity index (χ2v) is 13.5. The first-order valence-corrected chi connectivity index (χ1v) is 16.8. The highest BCUT2D eigenvalue weighted by atomic mass is 16.3. The van der Waals surface area contributed by atoms with Crippen LogP contribution in [0.4, 0.5) is 0 Å². The summed E-state index contributed by atoms with van der Waals surface area (Å²) in [4.78, 5) is 10.4. The van der Waals surface area contributed by atoms with Gasteiger partial charge in [-0.25, -0.2) is 9.97 Å². The Morgan fingerprint density at radius 3 is 1.98 bits per heavy atom. The first kappa shape index (κ1) is 28.5. The molecule has 0 amide bonds. The Morgan fingerprint density at radius 1 is 0.542 bits per heavy atom. The molecule has 0 saturated heterocycles. The van der Waals surface area contributed by atoms with Gasteiger partial charge in [0.2, 0.25) is 5.71 Å². The van der Waals surface area contributed by atoms with Crippen molar-refractivity contribution in [1.82, 2.24) is 14.5 Å². The van der Waals surface area contributed by atoms with Crippen molar-refractivity contribution in [2.75, 3.05) is 0 Å². The van der Waals surface area contributed by atoms with Gasteiger partial charge in [-0.2, -0.15) is 0 Å². The van der Waals surface area contributed by atoms with Crippen LogP contribution in [0.15, 0.2) is 132 Å². The van der Waals surface area contributed by atoms with Gasteiger partial charge in [-0.3, -0.25) is 4.57 Å². The molecular formula is C44H35N3O. The van der Waals surface area contributed by atoms with Crippen LogP contribution in [0.25, 0.3) is 83.0 Å². The Kier molecular flexibility index (Phi) is 6.48. The van der Waals surface area contributed by atoms with E-state index in [1.54, 1.807) is 0 Å². The van der Waals surface area contributed by atoms with Crippen LogP contribution < -0.4 is 0 Å². The number of para-hydroxylation sites is 3. The van der Waals surface area contributed by atoms with Crippen LogP contribution in [0.5, 0.6) is 0 Å². The zero-order chi connectivity index (χ0) is 32.5. The van der Waals surface area contributed by atoms with Crippen molar-refractivity contribution in [3.8, 4) is 28.2 Å². The van der Waals surface area contributed by atoms with Crippen LogP contribution in [-0.2, 0) is 0 Å². The molecule has 4 heteroatoms. The fraction of sp³-hybridized carbons (Fsp3) is 0.136. The molecule has 0 radical (unpaired) electrons. The van der Waals surface area contributed by atoms with Crippen LogP contribution in [-0.4, -0.2) is 14.5 Å². The van der Waals surface area contributed by atoms with Gasteiger partial charge in [-0.05, 0) is 93.4 Å². The standard InChI is InChI=1S/C44H35N3O/c1-26(2)35-22-31(28-13-6-5-7-14-28)23-36(27(3)4)41(35)47-40-20-11-10-19-38(40)45-43(47)34-18-12-17-33-37-24-32-21-29-15-8-9-16-30(29)25-39(32)46-44(37)48-42(33)34/h5-27H,1-4H3. The van der Waals surface area contributed by atoms with Gasteiger partial charge in [0.15, 0.2) is 0 Å². The van der Waals surface area contributed by atoms with Gasteiger partial charge in [-0.1, -0.05) is 107 Å². The summed E-state index contributed by atoms with van der Waals surface area (Å²) in [6.45, 7) is 9.15. The van der Waals surface area contributed by atoms with E-state index >= 15 is 0 Å². The van der Waals surface area contributed by atoms with Crippen LogP contribution in [0, 0.1) is 0 Å². The topological polar surface area (TPSA) is 43.9 Å². The Labute approximate surface area is 279 Å². The van der Waals surface area contributed by atoms with Crippen molar-refractivity contribution in [2.45, 2.75) is 39.5 Å². The maximum Gasteiger partial charge on any atom is 0.227 e. The zero-order valence-corrected chi connectivity index (χ0v) is 27.5. The van der Waals surface area contributed by atoms with Gasteiger partial charge in [0.05, 0.1) is 27.8 Å². The average Bonchev–Trinajstić information content (AvgIpc) is 3.67. The zero-order valence-electron chi connectivity index (χ0n) is 27.5. The quantitative estimate of drug-likeness (QED) is 0.180. The molecule has 0 fully saturated rings. The molecule has 0 aliphatic carbocycles. The highest BCUT2D eigenvalue weighted by Gasteiger charge is 2.25. The van der Waals surface area contributed by atoms with E-state index in [2.05, 4.69) is 160 Å². The SMILES string of the molecule is CC(C)c1cc(-c2ccccc2)cc(C(C)C)c1-n1c(-c2cccc3c2oc2nc4cc5ccccc5cc4cc23)nc2ccccc21. The van der Waals surface area contributed by atoms with Gasteiger partial charge in [0.25, 0.3) is 0 Å². The summed E-state index contributed by atoms with van der Waals surface area (Å²) in [6.07, 6.45) is 0. The first-order chi connectivity index (χ1) is 23.4. The maximum atomic E-state index is 6.71. The molecule has 0 spiro atoms. The second-order valence-electron chi connectivity index (χ2n) is 13.5. The number of imidazole rings is 1. The second kappa shape index (κ2) is 10.9. The molecular weight excluding hydrogens is 587 g/mol. The Bertz CT molecular complexity index is 2650. The van der Waals surface area contributed by atoms with Crippen molar-refractivity contribution in [2.24, 2.45) is 0 Å². The van der Waals surface area contributed by atoms with E-state index in [0.29, 0.717) is 5.71 Å². The largest absolute Gasteiger partial charge is 0.437 e. The summed E-state index contributed by atoms with van der Waals surface area (Å²) in [6, 6.07) is 45.3. The third-order valence-electron chi connectivity index (χ3n) is 9.70. The lowest BCUT2D eigenvalue weighted by atomic mass is 9.88. The minimum Gasteiger partial charge on any atom is -0.437 e. The summed E-state index contributed by atoms with van der Waals surface area (Å²) in [5.74, 6) is 1.43. The van der Waals surface area contributed by atoms with E-state index in [0.717, 1.165) is 49.7 Å². The van der Waals surface area contributed by atoms with Gasteiger partial charge in [0.1, 0.15) is 11.4 Å². The Balaban J connectivity index is 1.34. The molecule has 0 aliphatic rings. The van der Waals surface area contributed by atoms with E-state index in [1.165, 1.54) is 38.7 Å². The molecule has 0 unspecified atom stereocenters. The molecule has 0 aliphatic heterocycles. The number of aromatic nitrogens is 3. The molecule has 9 rings (SSSR count). The van der Waals surface area contributed by atoms with Crippen molar-refractivity contribution < 1.29 is 4.42 Å². The number of nitrogens with zero attached hydrogens (tertiary/aromatic N) is 3. The molecule has 232 valence electrons. The van der Waals surface area contributed by atoms with E-state index in [4.69, 9.17) is 14.4 Å². The number of hydrogen-bond donors (Lipinski definition) is 0. The van der Waals surface area contributed by atoms with Crippen molar-refractivity contribution in [3.63, 3.8) is 0 Å². The molecule has 0 saturated carbocycles. The van der Waals surface area contributed by atoms with Crippen LogP contribution in [0.2, 0.25) is 0 Å². The van der Waals surface area contributed by atoms with Crippen LogP contribution >= 0.6 is 0 Å². The summed E-state index contributed by atoms with van der Waals surface area (Å²) >= 11 is 0. The van der Waals surface area contributed by atoms with E-state index in [9.17, 15) is 0 Å². The van der Waals surface area contributed by atoms with Gasteiger partial charge < -0.3 is 4.42 Å². The smallest absolute Gasteiger partial charge is 0.227 e. The normalized spacial score (nSPS) is 12.1.